The first-order valence-electron chi connectivity index (χ1n) is 10.5. The standard InChI is InChI=1S/C25H22F3N3O2/c1-15(21-5-3-4-6-23(21)33-25(26,27)28)9-20(32)12-19-11-18-13-31-24(22(18)14-30-19)17-7-8-29-16(2)10-17/h3-8,10-11,14-15H,9,12-13H2,1-2H3. The molecule has 3 aromatic rings. The normalized spacial score (nSPS) is 13.9. The second-order valence-corrected chi connectivity index (χ2v) is 8.09. The monoisotopic (exact) mass is 453 g/mol. The predicted molar refractivity (Wildman–Crippen MR) is 117 cm³/mol. The highest BCUT2D eigenvalue weighted by molar-refractivity contribution is 6.15. The number of pyridine rings is 2. The fraction of sp³-hybridized carbons (Fsp3) is 0.280. The van der Waals surface area contributed by atoms with Crippen LogP contribution in [0.4, 0.5) is 13.2 Å². The molecule has 0 N–H and O–H groups in total. The van der Waals surface area contributed by atoms with Gasteiger partial charge < -0.3 is 4.74 Å². The first-order valence-corrected chi connectivity index (χ1v) is 10.5. The summed E-state index contributed by atoms with van der Waals surface area (Å²) in [5.41, 5.74) is 5.62. The summed E-state index contributed by atoms with van der Waals surface area (Å²) in [4.78, 5) is 26.0. The number of ketones is 1. The van der Waals surface area contributed by atoms with Crippen molar-refractivity contribution in [3.05, 3.63) is 88.5 Å². The summed E-state index contributed by atoms with van der Waals surface area (Å²) in [7, 11) is 0. The zero-order valence-electron chi connectivity index (χ0n) is 18.2. The average molecular weight is 453 g/mol. The van der Waals surface area contributed by atoms with Gasteiger partial charge in [-0.2, -0.15) is 0 Å². The van der Waals surface area contributed by atoms with Crippen molar-refractivity contribution in [2.24, 2.45) is 4.99 Å². The number of ether oxygens (including phenoxy) is 1. The van der Waals surface area contributed by atoms with Crippen LogP contribution in [0.3, 0.4) is 0 Å². The molecule has 2 aromatic heterocycles. The van der Waals surface area contributed by atoms with Gasteiger partial charge in [0.1, 0.15) is 11.5 Å². The Balaban J connectivity index is 1.43. The number of carbonyl (C=O) groups excluding carboxylic acids is 1. The fourth-order valence-electron chi connectivity index (χ4n) is 4.01. The van der Waals surface area contributed by atoms with Crippen LogP contribution in [0.1, 0.15) is 52.9 Å². The van der Waals surface area contributed by atoms with Crippen LogP contribution in [0.2, 0.25) is 0 Å². The lowest BCUT2D eigenvalue weighted by atomic mass is 9.93. The maximum absolute atomic E-state index is 12.7. The molecule has 1 aliphatic rings. The zero-order chi connectivity index (χ0) is 23.6. The van der Waals surface area contributed by atoms with E-state index in [1.165, 1.54) is 12.1 Å². The number of aromatic nitrogens is 2. The summed E-state index contributed by atoms with van der Waals surface area (Å²) >= 11 is 0. The topological polar surface area (TPSA) is 64.4 Å². The van der Waals surface area contributed by atoms with E-state index in [1.54, 1.807) is 31.5 Å². The fourth-order valence-corrected chi connectivity index (χ4v) is 4.01. The lowest BCUT2D eigenvalue weighted by molar-refractivity contribution is -0.274. The first kappa shape index (κ1) is 22.6. The van der Waals surface area contributed by atoms with Crippen LogP contribution in [-0.4, -0.2) is 27.8 Å². The minimum Gasteiger partial charge on any atom is -0.405 e. The van der Waals surface area contributed by atoms with E-state index in [1.807, 2.05) is 25.1 Å². The second kappa shape index (κ2) is 9.13. The Morgan fingerprint density at radius 2 is 1.94 bits per heavy atom. The summed E-state index contributed by atoms with van der Waals surface area (Å²) in [5.74, 6) is -0.826. The van der Waals surface area contributed by atoms with E-state index in [0.717, 1.165) is 28.1 Å². The molecule has 0 saturated heterocycles. The van der Waals surface area contributed by atoms with Crippen molar-refractivity contribution in [3.63, 3.8) is 0 Å². The minimum absolute atomic E-state index is 0.0784. The Morgan fingerprint density at radius 1 is 1.15 bits per heavy atom. The molecule has 0 aliphatic carbocycles. The molecule has 0 fully saturated rings. The highest BCUT2D eigenvalue weighted by Crippen LogP contribution is 2.33. The van der Waals surface area contributed by atoms with Crippen LogP contribution >= 0.6 is 0 Å². The average Bonchev–Trinajstić information content (AvgIpc) is 3.16. The summed E-state index contributed by atoms with van der Waals surface area (Å²) in [6.07, 6.45) is -1.14. The van der Waals surface area contributed by atoms with Crippen LogP contribution in [0.5, 0.6) is 5.75 Å². The Bertz CT molecular complexity index is 1220. The van der Waals surface area contributed by atoms with E-state index >= 15 is 0 Å². The number of carbonyl (C=O) groups is 1. The maximum atomic E-state index is 12.7. The van der Waals surface area contributed by atoms with Gasteiger partial charge >= 0.3 is 6.36 Å². The van der Waals surface area contributed by atoms with Crippen molar-refractivity contribution < 1.29 is 22.7 Å². The molecule has 1 atom stereocenters. The third-order valence-electron chi connectivity index (χ3n) is 5.47. The number of hydrogen-bond donors (Lipinski definition) is 0. The predicted octanol–water partition coefficient (Wildman–Crippen LogP) is 5.34. The number of alkyl halides is 3. The number of rotatable bonds is 7. The Morgan fingerprint density at radius 3 is 2.70 bits per heavy atom. The molecule has 170 valence electrons. The maximum Gasteiger partial charge on any atom is 0.573 e. The number of Topliss-reactive ketones (excluding diaryl/α,β-unsaturated/α-hetero) is 1. The Hall–Kier alpha value is -3.55. The van der Waals surface area contributed by atoms with Crippen molar-refractivity contribution in [2.75, 3.05) is 0 Å². The third-order valence-corrected chi connectivity index (χ3v) is 5.47. The first-order chi connectivity index (χ1) is 15.7. The highest BCUT2D eigenvalue weighted by atomic mass is 19.4. The molecule has 0 amide bonds. The summed E-state index contributed by atoms with van der Waals surface area (Å²) < 4.78 is 42.2. The van der Waals surface area contributed by atoms with Crippen LogP contribution < -0.4 is 4.74 Å². The molecule has 1 aliphatic heterocycles. The molecule has 1 aromatic carbocycles. The SMILES string of the molecule is Cc1cc(C2=NCc3cc(CC(=O)CC(C)c4ccccc4OC(F)(F)F)ncc32)ccn1. The zero-order valence-corrected chi connectivity index (χ0v) is 18.2. The van der Waals surface area contributed by atoms with E-state index in [0.29, 0.717) is 17.8 Å². The number of benzene rings is 1. The lowest BCUT2D eigenvalue weighted by Crippen LogP contribution is -2.19. The van der Waals surface area contributed by atoms with Crippen molar-refractivity contribution in [1.82, 2.24) is 9.97 Å². The van der Waals surface area contributed by atoms with E-state index in [9.17, 15) is 18.0 Å². The van der Waals surface area contributed by atoms with Gasteiger partial charge in [0.05, 0.1) is 12.3 Å². The molecule has 0 spiro atoms. The third kappa shape index (κ3) is 5.45. The quantitative estimate of drug-likeness (QED) is 0.484. The largest absolute Gasteiger partial charge is 0.573 e. The van der Waals surface area contributed by atoms with Gasteiger partial charge in [-0.05, 0) is 48.2 Å². The van der Waals surface area contributed by atoms with Crippen LogP contribution in [-0.2, 0) is 17.8 Å². The molecule has 8 heteroatoms. The molecule has 33 heavy (non-hydrogen) atoms. The van der Waals surface area contributed by atoms with Gasteiger partial charge in [-0.25, -0.2) is 0 Å². The van der Waals surface area contributed by atoms with E-state index in [4.69, 9.17) is 0 Å². The van der Waals surface area contributed by atoms with Crippen molar-refractivity contribution >= 4 is 11.5 Å². The van der Waals surface area contributed by atoms with Gasteiger partial charge in [-0.15, -0.1) is 13.2 Å². The van der Waals surface area contributed by atoms with Gasteiger partial charge in [-0.1, -0.05) is 25.1 Å². The number of nitrogens with zero attached hydrogens (tertiary/aromatic N) is 3. The summed E-state index contributed by atoms with van der Waals surface area (Å²) in [6.45, 7) is 4.14. The van der Waals surface area contributed by atoms with E-state index < -0.39 is 12.3 Å². The second-order valence-electron chi connectivity index (χ2n) is 8.09. The number of hydrogen-bond acceptors (Lipinski definition) is 5. The lowest BCUT2D eigenvalue weighted by Gasteiger charge is -2.17. The molecule has 5 nitrogen and oxygen atoms in total. The van der Waals surface area contributed by atoms with Crippen molar-refractivity contribution in [3.8, 4) is 5.75 Å². The van der Waals surface area contributed by atoms with Gasteiger partial charge in [0, 0.05) is 47.8 Å². The summed E-state index contributed by atoms with van der Waals surface area (Å²) in [5, 5.41) is 0. The Kier molecular flexibility index (Phi) is 6.26. The number of halogens is 3. The van der Waals surface area contributed by atoms with E-state index in [2.05, 4.69) is 19.7 Å². The number of aliphatic imine (C=N–C) groups is 1. The van der Waals surface area contributed by atoms with Crippen LogP contribution in [0, 0.1) is 6.92 Å². The summed E-state index contributed by atoms with van der Waals surface area (Å²) in [6, 6.07) is 11.6. The van der Waals surface area contributed by atoms with Crippen LogP contribution in [0.15, 0.2) is 59.9 Å². The highest BCUT2D eigenvalue weighted by Gasteiger charge is 2.32. The Labute approximate surface area is 189 Å². The number of fused-ring (bicyclic) bond motifs is 1. The molecule has 0 saturated carbocycles. The molecule has 3 heterocycles. The molecular weight excluding hydrogens is 431 g/mol. The van der Waals surface area contributed by atoms with Gasteiger partial charge in [0.15, 0.2) is 0 Å². The van der Waals surface area contributed by atoms with E-state index in [-0.39, 0.29) is 24.4 Å². The molecule has 0 bridgehead atoms. The smallest absolute Gasteiger partial charge is 0.405 e. The molecule has 0 radical (unpaired) electrons. The molecule has 4 rings (SSSR count). The molecular formula is C25H22F3N3O2. The van der Waals surface area contributed by atoms with Gasteiger partial charge in [-0.3, -0.25) is 19.8 Å². The van der Waals surface area contributed by atoms with Crippen LogP contribution in [0.25, 0.3) is 0 Å². The minimum atomic E-state index is -4.79. The van der Waals surface area contributed by atoms with Crippen molar-refractivity contribution in [1.29, 1.82) is 0 Å². The van der Waals surface area contributed by atoms with Gasteiger partial charge in [0.25, 0.3) is 0 Å². The number of aryl methyl sites for hydroxylation is 1. The molecule has 1 unspecified atom stereocenters. The number of para-hydroxylation sites is 1. The van der Waals surface area contributed by atoms with Crippen molar-refractivity contribution in [2.45, 2.75) is 45.5 Å². The van der Waals surface area contributed by atoms with Gasteiger partial charge in [0.2, 0.25) is 0 Å².